The van der Waals surface area contributed by atoms with E-state index in [0.29, 0.717) is 6.54 Å². The van der Waals surface area contributed by atoms with Crippen LogP contribution in [0, 0.1) is 0 Å². The van der Waals surface area contributed by atoms with Gasteiger partial charge in [0.05, 0.1) is 18.4 Å². The van der Waals surface area contributed by atoms with Gasteiger partial charge >= 0.3 is 0 Å². The summed E-state index contributed by atoms with van der Waals surface area (Å²) in [7, 11) is -1.37. The molecule has 1 aliphatic rings. The third-order valence-corrected chi connectivity index (χ3v) is 6.66. The van der Waals surface area contributed by atoms with Crippen LogP contribution in [0.3, 0.4) is 0 Å². The van der Waals surface area contributed by atoms with E-state index in [4.69, 9.17) is 4.74 Å². The van der Waals surface area contributed by atoms with Crippen molar-refractivity contribution < 1.29 is 13.2 Å². The molecule has 0 amide bonds. The van der Waals surface area contributed by atoms with Crippen molar-refractivity contribution in [2.24, 2.45) is 4.99 Å². The predicted molar refractivity (Wildman–Crippen MR) is 112 cm³/mol. The Labute approximate surface area is 167 Å². The lowest BCUT2D eigenvalue weighted by Crippen LogP contribution is -2.40. The van der Waals surface area contributed by atoms with Crippen LogP contribution in [0.2, 0.25) is 0 Å². The van der Waals surface area contributed by atoms with Gasteiger partial charge in [-0.2, -0.15) is 0 Å². The maximum atomic E-state index is 12.2. The van der Waals surface area contributed by atoms with E-state index in [0.717, 1.165) is 51.3 Å². The Kier molecular flexibility index (Phi) is 9.53. The van der Waals surface area contributed by atoms with Crippen LogP contribution in [0.1, 0.15) is 31.1 Å². The van der Waals surface area contributed by atoms with Crippen molar-refractivity contribution in [1.82, 2.24) is 14.9 Å². The number of hydrogen-bond donors (Lipinski definition) is 2. The molecule has 0 bridgehead atoms. The van der Waals surface area contributed by atoms with Gasteiger partial charge in [0.15, 0.2) is 5.96 Å². The quantitative estimate of drug-likeness (QED) is 0.448. The van der Waals surface area contributed by atoms with Gasteiger partial charge < -0.3 is 15.0 Å². The van der Waals surface area contributed by atoms with Crippen LogP contribution < -0.4 is 10.0 Å². The van der Waals surface area contributed by atoms with Gasteiger partial charge in [0.25, 0.3) is 0 Å². The van der Waals surface area contributed by atoms with E-state index >= 15 is 0 Å². The van der Waals surface area contributed by atoms with Crippen molar-refractivity contribution >= 4 is 27.3 Å². The fourth-order valence-corrected chi connectivity index (χ4v) is 4.45. The number of rotatable bonds is 10. The van der Waals surface area contributed by atoms with Gasteiger partial charge in [-0.15, -0.1) is 11.3 Å². The van der Waals surface area contributed by atoms with Gasteiger partial charge in [-0.1, -0.05) is 6.07 Å². The van der Waals surface area contributed by atoms with E-state index in [1.165, 1.54) is 4.88 Å². The van der Waals surface area contributed by atoms with E-state index in [1.54, 1.807) is 11.3 Å². The molecule has 0 radical (unpaired) electrons. The average Bonchev–Trinajstić information content (AvgIpc) is 3.18. The Hall–Kier alpha value is -1.16. The summed E-state index contributed by atoms with van der Waals surface area (Å²) >= 11 is 1.74. The minimum atomic E-state index is -3.35. The smallest absolute Gasteiger partial charge is 0.213 e. The molecule has 1 atom stereocenters. The first-order chi connectivity index (χ1) is 13.0. The van der Waals surface area contributed by atoms with E-state index in [9.17, 15) is 8.42 Å². The first-order valence-corrected chi connectivity index (χ1v) is 12.1. The number of sulfonamides is 1. The predicted octanol–water partition coefficient (Wildman–Crippen LogP) is 1.68. The van der Waals surface area contributed by atoms with Crippen molar-refractivity contribution in [3.05, 3.63) is 22.4 Å². The first kappa shape index (κ1) is 22.1. The van der Waals surface area contributed by atoms with E-state index in [2.05, 4.69) is 32.5 Å². The maximum Gasteiger partial charge on any atom is 0.213 e. The minimum Gasteiger partial charge on any atom is -0.377 e. The number of thiophene rings is 1. The Bertz CT molecular complexity index is 656. The zero-order valence-electron chi connectivity index (χ0n) is 16.3. The van der Waals surface area contributed by atoms with E-state index < -0.39 is 10.0 Å². The topological polar surface area (TPSA) is 83.0 Å². The van der Waals surface area contributed by atoms with Crippen molar-refractivity contribution in [2.75, 3.05) is 45.6 Å². The largest absolute Gasteiger partial charge is 0.377 e. The molecule has 1 fully saturated rings. The zero-order chi connectivity index (χ0) is 19.5. The molecule has 1 unspecified atom stereocenters. The highest BCUT2D eigenvalue weighted by Gasteiger charge is 2.17. The molecular weight excluding hydrogens is 384 g/mol. The highest BCUT2D eigenvalue weighted by molar-refractivity contribution is 7.89. The SMILES string of the molecule is CCNC(=NCCS(=O)(=O)NCC1CCCCO1)N(C)CCc1cccs1. The van der Waals surface area contributed by atoms with E-state index in [1.807, 2.05) is 18.9 Å². The summed E-state index contributed by atoms with van der Waals surface area (Å²) in [4.78, 5) is 7.85. The molecule has 0 spiro atoms. The van der Waals surface area contributed by atoms with Gasteiger partial charge in [-0.05, 0) is 44.1 Å². The van der Waals surface area contributed by atoms with Gasteiger partial charge in [0.1, 0.15) is 0 Å². The third kappa shape index (κ3) is 8.59. The van der Waals surface area contributed by atoms with Crippen LogP contribution in [0.4, 0.5) is 0 Å². The minimum absolute atomic E-state index is 0.00210. The fraction of sp³-hybridized carbons (Fsp3) is 0.722. The maximum absolute atomic E-state index is 12.2. The molecule has 1 saturated heterocycles. The zero-order valence-corrected chi connectivity index (χ0v) is 17.9. The Morgan fingerprint density at radius 3 is 2.96 bits per heavy atom. The summed E-state index contributed by atoms with van der Waals surface area (Å²) in [6.45, 7) is 4.88. The van der Waals surface area contributed by atoms with Gasteiger partial charge in [-0.3, -0.25) is 4.99 Å². The molecule has 154 valence electrons. The number of likely N-dealkylation sites (N-methyl/N-ethyl adjacent to an activating group) is 1. The molecule has 0 aliphatic carbocycles. The van der Waals surface area contributed by atoms with Crippen LogP contribution >= 0.6 is 11.3 Å². The summed E-state index contributed by atoms with van der Waals surface area (Å²) in [6.07, 6.45) is 4.02. The number of nitrogens with one attached hydrogen (secondary N) is 2. The molecule has 0 aromatic carbocycles. The molecule has 2 heterocycles. The number of ether oxygens (including phenoxy) is 1. The number of nitrogens with zero attached hydrogens (tertiary/aromatic N) is 2. The van der Waals surface area contributed by atoms with Crippen molar-refractivity contribution in [3.63, 3.8) is 0 Å². The molecule has 1 aromatic rings. The molecule has 2 N–H and O–H groups in total. The highest BCUT2D eigenvalue weighted by Crippen LogP contribution is 2.12. The Morgan fingerprint density at radius 1 is 1.44 bits per heavy atom. The molecule has 7 nitrogen and oxygen atoms in total. The highest BCUT2D eigenvalue weighted by atomic mass is 32.2. The lowest BCUT2D eigenvalue weighted by Gasteiger charge is -2.23. The van der Waals surface area contributed by atoms with Gasteiger partial charge in [0, 0.05) is 38.2 Å². The summed E-state index contributed by atoms with van der Waals surface area (Å²) < 4.78 is 32.6. The Balaban J connectivity index is 1.78. The molecule has 1 aromatic heterocycles. The van der Waals surface area contributed by atoms with Gasteiger partial charge in [0.2, 0.25) is 10.0 Å². The second-order valence-corrected chi connectivity index (χ2v) is 9.60. The summed E-state index contributed by atoms with van der Waals surface area (Å²) in [5.41, 5.74) is 0. The van der Waals surface area contributed by atoms with Gasteiger partial charge in [-0.25, -0.2) is 13.1 Å². The normalized spacial score (nSPS) is 18.4. The lowest BCUT2D eigenvalue weighted by molar-refractivity contribution is 0.0200. The van der Waals surface area contributed by atoms with Crippen molar-refractivity contribution in [3.8, 4) is 0 Å². The first-order valence-electron chi connectivity index (χ1n) is 9.61. The van der Waals surface area contributed by atoms with Crippen LogP contribution in [0.5, 0.6) is 0 Å². The molecule has 9 heteroatoms. The second kappa shape index (κ2) is 11.6. The monoisotopic (exact) mass is 416 g/mol. The van der Waals surface area contributed by atoms with Crippen LogP contribution in [0.25, 0.3) is 0 Å². The standard InChI is InChI=1S/C18H32N4O3S2/c1-3-19-18(22(2)11-9-17-8-6-13-26-17)20-10-14-27(23,24)21-15-16-7-4-5-12-25-16/h6,8,13,16,21H,3-5,7,9-12,14-15H2,1-2H3,(H,19,20). The number of guanidine groups is 1. The molecule has 0 saturated carbocycles. The molecule has 1 aliphatic heterocycles. The number of hydrogen-bond acceptors (Lipinski definition) is 5. The second-order valence-electron chi connectivity index (χ2n) is 6.64. The van der Waals surface area contributed by atoms with Crippen LogP contribution in [-0.4, -0.2) is 71.0 Å². The van der Waals surface area contributed by atoms with Crippen molar-refractivity contribution in [2.45, 2.75) is 38.7 Å². The fourth-order valence-electron chi connectivity index (χ4n) is 2.84. The summed E-state index contributed by atoms with van der Waals surface area (Å²) in [5.74, 6) is 0.716. The summed E-state index contributed by atoms with van der Waals surface area (Å²) in [6, 6.07) is 4.17. The van der Waals surface area contributed by atoms with Crippen molar-refractivity contribution in [1.29, 1.82) is 0 Å². The molecule has 27 heavy (non-hydrogen) atoms. The molecular formula is C18H32N4O3S2. The molecule has 2 rings (SSSR count). The third-order valence-electron chi connectivity index (χ3n) is 4.40. The number of aliphatic imine (C=N–C) groups is 1. The lowest BCUT2D eigenvalue weighted by atomic mass is 10.1. The van der Waals surface area contributed by atoms with Crippen LogP contribution in [-0.2, 0) is 21.2 Å². The summed E-state index contributed by atoms with van der Waals surface area (Å²) in [5, 5.41) is 5.30. The Morgan fingerprint density at radius 2 is 2.30 bits per heavy atom. The van der Waals surface area contributed by atoms with Crippen LogP contribution in [0.15, 0.2) is 22.5 Å². The van der Waals surface area contributed by atoms with E-state index in [-0.39, 0.29) is 18.4 Å². The average molecular weight is 417 g/mol.